The number of halogens is 4. The lowest BCUT2D eigenvalue weighted by atomic mass is 10.0. The molecule has 1 nitrogen and oxygen atoms in total. The number of rotatable bonds is 1. The fraction of sp³-hybridized carbons (Fsp3) is 0.375. The van der Waals surface area contributed by atoms with Crippen molar-refractivity contribution in [3.63, 3.8) is 0 Å². The fourth-order valence-electron chi connectivity index (χ4n) is 0.929. The van der Waals surface area contributed by atoms with E-state index < -0.39 is 17.9 Å². The largest absolute Gasteiger partial charge is 0.416 e. The SMILES string of the molecule is COC1C=CC(C(F)(F)F)=C[C]1Br. The molecule has 0 amide bonds. The zero-order chi connectivity index (χ0) is 10.1. The number of methoxy groups -OCH3 is 1. The van der Waals surface area contributed by atoms with Crippen LogP contribution in [-0.2, 0) is 4.74 Å². The summed E-state index contributed by atoms with van der Waals surface area (Å²) in [5.74, 6) is 0. The molecular formula is C8H7BrF3O. The van der Waals surface area contributed by atoms with E-state index in [0.29, 0.717) is 4.83 Å². The Bertz CT molecular complexity index is 244. The second-order valence-electron chi connectivity index (χ2n) is 2.50. The molecule has 0 aromatic carbocycles. The summed E-state index contributed by atoms with van der Waals surface area (Å²) in [6, 6.07) is 0. The minimum Gasteiger partial charge on any atom is -0.376 e. The van der Waals surface area contributed by atoms with Crippen molar-refractivity contribution in [3.05, 3.63) is 28.6 Å². The van der Waals surface area contributed by atoms with Gasteiger partial charge in [0, 0.05) is 7.11 Å². The van der Waals surface area contributed by atoms with Gasteiger partial charge in [0.25, 0.3) is 0 Å². The molecule has 0 N–H and O–H groups in total. The number of ether oxygens (including phenoxy) is 1. The van der Waals surface area contributed by atoms with Gasteiger partial charge in [0.2, 0.25) is 0 Å². The predicted octanol–water partition coefficient (Wildman–Crippen LogP) is 2.99. The molecule has 0 aromatic heterocycles. The van der Waals surface area contributed by atoms with E-state index in [9.17, 15) is 13.2 Å². The fourth-order valence-corrected chi connectivity index (χ4v) is 1.52. The second-order valence-corrected chi connectivity index (χ2v) is 3.41. The predicted molar refractivity (Wildman–Crippen MR) is 46.2 cm³/mol. The van der Waals surface area contributed by atoms with Crippen molar-refractivity contribution in [1.82, 2.24) is 0 Å². The molecule has 1 radical (unpaired) electrons. The van der Waals surface area contributed by atoms with Crippen LogP contribution in [0, 0.1) is 4.83 Å². The van der Waals surface area contributed by atoms with Crippen LogP contribution in [0.4, 0.5) is 13.2 Å². The van der Waals surface area contributed by atoms with Gasteiger partial charge >= 0.3 is 6.18 Å². The highest BCUT2D eigenvalue weighted by Crippen LogP contribution is 2.34. The highest BCUT2D eigenvalue weighted by atomic mass is 79.9. The standard InChI is InChI=1S/C8H7BrF3O/c1-13-7-3-2-5(4-6(7)9)8(10,11)12/h2-4,7H,1H3. The van der Waals surface area contributed by atoms with Crippen LogP contribution in [0.3, 0.4) is 0 Å². The van der Waals surface area contributed by atoms with Crippen LogP contribution in [-0.4, -0.2) is 19.4 Å². The molecule has 1 atom stereocenters. The van der Waals surface area contributed by atoms with Gasteiger partial charge in [0.1, 0.15) is 0 Å². The van der Waals surface area contributed by atoms with Crippen LogP contribution >= 0.6 is 15.9 Å². The van der Waals surface area contributed by atoms with Crippen molar-refractivity contribution in [2.24, 2.45) is 0 Å². The van der Waals surface area contributed by atoms with Crippen molar-refractivity contribution in [3.8, 4) is 0 Å². The lowest BCUT2D eigenvalue weighted by molar-refractivity contribution is -0.0886. The maximum absolute atomic E-state index is 12.2. The molecule has 0 saturated heterocycles. The van der Waals surface area contributed by atoms with Crippen LogP contribution in [0.2, 0.25) is 0 Å². The topological polar surface area (TPSA) is 9.23 Å². The van der Waals surface area contributed by atoms with Crippen LogP contribution in [0.5, 0.6) is 0 Å². The highest BCUT2D eigenvalue weighted by molar-refractivity contribution is 9.11. The van der Waals surface area contributed by atoms with E-state index in [4.69, 9.17) is 4.74 Å². The van der Waals surface area contributed by atoms with Crippen molar-refractivity contribution in [2.45, 2.75) is 12.3 Å². The average Bonchev–Trinajstić information content (AvgIpc) is 2.02. The molecular weight excluding hydrogens is 249 g/mol. The zero-order valence-electron chi connectivity index (χ0n) is 6.73. The minimum atomic E-state index is -4.30. The summed E-state index contributed by atoms with van der Waals surface area (Å²) >= 11 is 3.01. The third-order valence-electron chi connectivity index (χ3n) is 1.60. The first kappa shape index (κ1) is 10.8. The summed E-state index contributed by atoms with van der Waals surface area (Å²) in [7, 11) is 1.43. The van der Waals surface area contributed by atoms with Crippen molar-refractivity contribution >= 4 is 15.9 Å². The van der Waals surface area contributed by atoms with E-state index in [1.807, 2.05) is 0 Å². The molecule has 0 aliphatic heterocycles. The number of alkyl halides is 3. The second kappa shape index (κ2) is 3.84. The van der Waals surface area contributed by atoms with Crippen LogP contribution in [0.25, 0.3) is 0 Å². The molecule has 0 bridgehead atoms. The number of allylic oxidation sites excluding steroid dienone is 2. The third-order valence-corrected chi connectivity index (χ3v) is 2.28. The van der Waals surface area contributed by atoms with Crippen molar-refractivity contribution < 1.29 is 17.9 Å². The Balaban J connectivity index is 2.80. The van der Waals surface area contributed by atoms with E-state index in [1.165, 1.54) is 13.2 Å². The monoisotopic (exact) mass is 255 g/mol. The van der Waals surface area contributed by atoms with Crippen molar-refractivity contribution in [2.75, 3.05) is 7.11 Å². The van der Waals surface area contributed by atoms with Gasteiger partial charge in [-0.2, -0.15) is 13.2 Å². The molecule has 13 heavy (non-hydrogen) atoms. The summed E-state index contributed by atoms with van der Waals surface area (Å²) in [5.41, 5.74) is -0.673. The lowest BCUT2D eigenvalue weighted by Crippen LogP contribution is -2.20. The molecule has 1 unspecified atom stereocenters. The Kier molecular flexibility index (Phi) is 3.18. The summed E-state index contributed by atoms with van der Waals surface area (Å²) < 4.78 is 41.3. The number of hydrogen-bond acceptors (Lipinski definition) is 1. The maximum atomic E-state index is 12.2. The van der Waals surface area contributed by atoms with Gasteiger partial charge in [-0.25, -0.2) is 0 Å². The quantitative estimate of drug-likeness (QED) is 0.700. The van der Waals surface area contributed by atoms with Crippen LogP contribution in [0.1, 0.15) is 0 Å². The van der Waals surface area contributed by atoms with E-state index >= 15 is 0 Å². The summed E-state index contributed by atoms with van der Waals surface area (Å²) in [4.78, 5) is 0.379. The molecule has 1 aliphatic carbocycles. The molecule has 5 heteroatoms. The van der Waals surface area contributed by atoms with Crippen LogP contribution < -0.4 is 0 Å². The first-order chi connectivity index (χ1) is 5.95. The normalized spacial score (nSPS) is 24.7. The average molecular weight is 256 g/mol. The Morgan fingerprint density at radius 3 is 2.46 bits per heavy atom. The highest BCUT2D eigenvalue weighted by Gasteiger charge is 2.35. The zero-order valence-corrected chi connectivity index (χ0v) is 8.32. The molecule has 0 saturated carbocycles. The summed E-state index contributed by atoms with van der Waals surface area (Å²) in [5, 5.41) is 0. The van der Waals surface area contributed by atoms with E-state index in [1.54, 1.807) is 0 Å². The van der Waals surface area contributed by atoms with Gasteiger partial charge in [-0.15, -0.1) is 0 Å². The molecule has 73 valence electrons. The molecule has 0 heterocycles. The van der Waals surface area contributed by atoms with Crippen LogP contribution in [0.15, 0.2) is 23.8 Å². The first-order valence-corrected chi connectivity index (χ1v) is 4.26. The molecule has 1 rings (SSSR count). The molecule has 0 aromatic rings. The first-order valence-electron chi connectivity index (χ1n) is 3.47. The van der Waals surface area contributed by atoms with E-state index in [2.05, 4.69) is 15.9 Å². The van der Waals surface area contributed by atoms with Gasteiger partial charge in [-0.1, -0.05) is 34.2 Å². The summed E-state index contributed by atoms with van der Waals surface area (Å²) in [6.45, 7) is 0. The number of hydrogen-bond donors (Lipinski definition) is 0. The molecule has 0 fully saturated rings. The molecule has 1 aliphatic rings. The maximum Gasteiger partial charge on any atom is 0.416 e. The summed E-state index contributed by atoms with van der Waals surface area (Å²) in [6.07, 6.45) is -1.32. The van der Waals surface area contributed by atoms with Gasteiger partial charge in [0.05, 0.1) is 16.5 Å². The van der Waals surface area contributed by atoms with Gasteiger partial charge in [0.15, 0.2) is 0 Å². The lowest BCUT2D eigenvalue weighted by Gasteiger charge is -2.20. The van der Waals surface area contributed by atoms with E-state index in [-0.39, 0.29) is 0 Å². The minimum absolute atomic E-state index is 0.379. The van der Waals surface area contributed by atoms with Gasteiger partial charge < -0.3 is 4.74 Å². The Morgan fingerprint density at radius 1 is 1.46 bits per heavy atom. The smallest absolute Gasteiger partial charge is 0.376 e. The van der Waals surface area contributed by atoms with E-state index in [0.717, 1.165) is 12.2 Å². The van der Waals surface area contributed by atoms with Gasteiger partial charge in [-0.3, -0.25) is 0 Å². The van der Waals surface area contributed by atoms with Gasteiger partial charge in [-0.05, 0) is 0 Å². The molecule has 0 spiro atoms. The van der Waals surface area contributed by atoms with Crippen molar-refractivity contribution in [1.29, 1.82) is 0 Å². The Hall–Kier alpha value is -0.290. The third kappa shape index (κ3) is 2.57. The Labute approximate surface area is 82.4 Å². The Morgan fingerprint density at radius 2 is 2.08 bits per heavy atom.